The highest BCUT2D eigenvalue weighted by molar-refractivity contribution is 7.99. The third-order valence-electron chi connectivity index (χ3n) is 4.18. The van der Waals surface area contributed by atoms with Crippen molar-refractivity contribution in [1.82, 2.24) is 4.23 Å². The van der Waals surface area contributed by atoms with Crippen LogP contribution in [0.2, 0.25) is 45.3 Å². The van der Waals surface area contributed by atoms with Crippen molar-refractivity contribution in [3.05, 3.63) is 0 Å². The third kappa shape index (κ3) is 10.4. The van der Waals surface area contributed by atoms with Crippen molar-refractivity contribution >= 4 is 37.0 Å². The van der Waals surface area contributed by atoms with Gasteiger partial charge in [-0.3, -0.25) is 0 Å². The molecule has 0 amide bonds. The van der Waals surface area contributed by atoms with Crippen LogP contribution in [-0.2, 0) is 13.3 Å². The van der Waals surface area contributed by atoms with Gasteiger partial charge in [-0.25, -0.2) is 0 Å². The quantitative estimate of drug-likeness (QED) is 0.248. The number of rotatable bonds is 15. The molecule has 4 nitrogen and oxygen atoms in total. The van der Waals surface area contributed by atoms with Gasteiger partial charge in [-0.05, 0) is 39.5 Å². The first-order valence-corrected chi connectivity index (χ1v) is 20.1. The fourth-order valence-corrected chi connectivity index (χ4v) is 17.2. The Morgan fingerprint density at radius 1 is 0.808 bits per heavy atom. The molecule has 1 atom stereocenters. The first-order valence-electron chi connectivity index (χ1n) is 10.2. The van der Waals surface area contributed by atoms with Crippen molar-refractivity contribution < 1.29 is 13.3 Å². The maximum atomic E-state index is 5.96. The van der Waals surface area contributed by atoms with E-state index in [0.717, 1.165) is 18.2 Å². The zero-order valence-electron chi connectivity index (χ0n) is 19.1. The van der Waals surface area contributed by atoms with Gasteiger partial charge >= 0.3 is 8.80 Å². The second-order valence-electron chi connectivity index (χ2n) is 8.72. The summed E-state index contributed by atoms with van der Waals surface area (Å²) >= 11 is 2.09. The molecule has 1 unspecified atom stereocenters. The van der Waals surface area contributed by atoms with E-state index in [2.05, 4.69) is 62.2 Å². The van der Waals surface area contributed by atoms with E-state index in [1.54, 1.807) is 0 Å². The molecule has 0 saturated carbocycles. The second kappa shape index (κ2) is 12.4. The molecule has 0 aromatic heterocycles. The van der Waals surface area contributed by atoms with Gasteiger partial charge in [0, 0.05) is 31.1 Å². The van der Waals surface area contributed by atoms with Crippen LogP contribution in [0.4, 0.5) is 0 Å². The SMILES string of the molecule is CCO[Si](CCCSC(C)CN([Si](C)(C)C)[Si](C)(C)C)(OCC)OCC. The van der Waals surface area contributed by atoms with Crippen molar-refractivity contribution in [2.75, 3.05) is 32.1 Å². The van der Waals surface area contributed by atoms with E-state index in [1.807, 2.05) is 20.8 Å². The molecule has 0 radical (unpaired) electrons. The van der Waals surface area contributed by atoms with Crippen LogP contribution in [0.25, 0.3) is 0 Å². The fourth-order valence-electron chi connectivity index (χ4n) is 3.44. The van der Waals surface area contributed by atoms with Crippen LogP contribution in [0.5, 0.6) is 0 Å². The summed E-state index contributed by atoms with van der Waals surface area (Å²) in [7, 11) is -5.00. The maximum absolute atomic E-state index is 5.96. The van der Waals surface area contributed by atoms with Gasteiger partial charge in [0.15, 0.2) is 0 Å². The Morgan fingerprint density at radius 3 is 1.58 bits per heavy atom. The van der Waals surface area contributed by atoms with Gasteiger partial charge in [0.1, 0.15) is 16.5 Å². The minimum atomic E-state index is -2.47. The Balaban J connectivity index is 4.56. The summed E-state index contributed by atoms with van der Waals surface area (Å²) in [6, 6.07) is 0.925. The van der Waals surface area contributed by atoms with E-state index >= 15 is 0 Å². The highest BCUT2D eigenvalue weighted by Gasteiger charge is 2.39. The molecule has 0 saturated heterocycles. The van der Waals surface area contributed by atoms with Crippen molar-refractivity contribution in [2.45, 2.75) is 84.7 Å². The molecular weight excluding hydrogens is 395 g/mol. The summed E-state index contributed by atoms with van der Waals surface area (Å²) in [5.41, 5.74) is 0. The van der Waals surface area contributed by atoms with Crippen molar-refractivity contribution in [3.63, 3.8) is 0 Å². The molecule has 0 bridgehead atoms. The lowest BCUT2D eigenvalue weighted by molar-refractivity contribution is 0.0712. The van der Waals surface area contributed by atoms with E-state index in [4.69, 9.17) is 13.3 Å². The van der Waals surface area contributed by atoms with Gasteiger partial charge in [-0.2, -0.15) is 11.8 Å². The van der Waals surface area contributed by atoms with Crippen molar-refractivity contribution in [1.29, 1.82) is 0 Å². The Labute approximate surface area is 171 Å². The largest absolute Gasteiger partial charge is 0.500 e. The summed E-state index contributed by atoms with van der Waals surface area (Å²) in [5.74, 6) is 1.15. The average Bonchev–Trinajstić information content (AvgIpc) is 2.48. The third-order valence-corrected chi connectivity index (χ3v) is 16.2. The number of nitrogens with zero attached hydrogens (tertiary/aromatic N) is 1. The minimum Gasteiger partial charge on any atom is -0.374 e. The standard InChI is InChI=1S/C18H45NO3SSi3/c1-11-20-26(21-12-2,22-13-3)16-14-15-23-18(4)17-19(24(5,6)7)25(8,9)10/h18H,11-17H2,1-10H3. The smallest absolute Gasteiger partial charge is 0.374 e. The number of thioether (sulfide) groups is 1. The first-order chi connectivity index (χ1) is 11.9. The van der Waals surface area contributed by atoms with Gasteiger partial charge in [0.05, 0.1) is 0 Å². The molecule has 0 aromatic rings. The van der Waals surface area contributed by atoms with Crippen LogP contribution < -0.4 is 0 Å². The van der Waals surface area contributed by atoms with Crippen LogP contribution in [0, 0.1) is 0 Å². The second-order valence-corrected chi connectivity index (χ2v) is 23.2. The molecule has 0 aliphatic rings. The Morgan fingerprint density at radius 2 is 1.23 bits per heavy atom. The summed E-state index contributed by atoms with van der Waals surface area (Å²) in [6.07, 6.45) is 1.10. The van der Waals surface area contributed by atoms with Gasteiger partial charge in [0.2, 0.25) is 0 Å². The van der Waals surface area contributed by atoms with Crippen molar-refractivity contribution in [3.8, 4) is 0 Å². The summed E-state index contributed by atoms with van der Waals surface area (Å²) in [4.78, 5) is 0. The predicted molar refractivity (Wildman–Crippen MR) is 125 cm³/mol. The zero-order chi connectivity index (χ0) is 20.4. The summed E-state index contributed by atoms with van der Waals surface area (Å²) < 4.78 is 20.8. The average molecular weight is 440 g/mol. The van der Waals surface area contributed by atoms with E-state index < -0.39 is 25.3 Å². The molecule has 158 valence electrons. The van der Waals surface area contributed by atoms with E-state index in [-0.39, 0.29) is 0 Å². The molecule has 26 heavy (non-hydrogen) atoms. The molecule has 0 aliphatic carbocycles. The monoisotopic (exact) mass is 439 g/mol. The lowest BCUT2D eigenvalue weighted by Gasteiger charge is -2.44. The van der Waals surface area contributed by atoms with Crippen LogP contribution in [0.3, 0.4) is 0 Å². The molecule has 0 N–H and O–H groups in total. The molecule has 0 rings (SSSR count). The molecule has 0 fully saturated rings. The Bertz CT molecular complexity index is 345. The molecule has 0 aliphatic heterocycles. The van der Waals surface area contributed by atoms with Gasteiger partial charge in [-0.15, -0.1) is 0 Å². The van der Waals surface area contributed by atoms with Crippen molar-refractivity contribution in [2.24, 2.45) is 0 Å². The van der Waals surface area contributed by atoms with Crippen LogP contribution in [-0.4, -0.2) is 66.9 Å². The van der Waals surface area contributed by atoms with Gasteiger partial charge in [0.25, 0.3) is 0 Å². The van der Waals surface area contributed by atoms with E-state index in [1.165, 1.54) is 6.54 Å². The van der Waals surface area contributed by atoms with Gasteiger partial charge in [-0.1, -0.05) is 46.2 Å². The fraction of sp³-hybridized carbons (Fsp3) is 1.00. The predicted octanol–water partition coefficient (Wildman–Crippen LogP) is 5.52. The lowest BCUT2D eigenvalue weighted by atomic mass is 10.5. The number of hydrogen-bond donors (Lipinski definition) is 0. The maximum Gasteiger partial charge on any atom is 0.500 e. The molecule has 8 heteroatoms. The normalized spacial score (nSPS) is 14.9. The lowest BCUT2D eigenvalue weighted by Crippen LogP contribution is -2.60. The molecule has 0 spiro atoms. The van der Waals surface area contributed by atoms with E-state index in [9.17, 15) is 0 Å². The molecule has 0 aromatic carbocycles. The summed E-state index contributed by atoms with van der Waals surface area (Å²) in [6.45, 7) is 26.6. The Hall–Kier alpha value is 0.841. The minimum absolute atomic E-state index is 0.663. The molecule has 0 heterocycles. The van der Waals surface area contributed by atoms with Crippen LogP contribution in [0.1, 0.15) is 34.1 Å². The highest BCUT2D eigenvalue weighted by Crippen LogP contribution is 2.25. The first kappa shape index (κ1) is 26.8. The van der Waals surface area contributed by atoms with E-state index in [0.29, 0.717) is 25.1 Å². The topological polar surface area (TPSA) is 30.9 Å². The molecular formula is C18H45NO3SSi3. The highest BCUT2D eigenvalue weighted by atomic mass is 32.2. The van der Waals surface area contributed by atoms with Crippen LogP contribution >= 0.6 is 11.8 Å². The number of hydrogen-bond acceptors (Lipinski definition) is 5. The Kier molecular flexibility index (Phi) is 12.8. The summed E-state index contributed by atoms with van der Waals surface area (Å²) in [5, 5.41) is 0.663. The van der Waals surface area contributed by atoms with Crippen LogP contribution in [0.15, 0.2) is 0 Å². The zero-order valence-corrected chi connectivity index (χ0v) is 22.9. The van der Waals surface area contributed by atoms with Gasteiger partial charge < -0.3 is 17.5 Å².